The van der Waals surface area contributed by atoms with Gasteiger partial charge in [0.05, 0.1) is 17.3 Å². The van der Waals surface area contributed by atoms with Crippen molar-refractivity contribution in [3.63, 3.8) is 0 Å². The van der Waals surface area contributed by atoms with Gasteiger partial charge in [0.15, 0.2) is 0 Å². The van der Waals surface area contributed by atoms with Crippen LogP contribution in [0.15, 0.2) is 31.0 Å². The van der Waals surface area contributed by atoms with E-state index in [4.69, 9.17) is 5.84 Å². The van der Waals surface area contributed by atoms with Crippen molar-refractivity contribution in [1.29, 1.82) is 0 Å². The van der Waals surface area contributed by atoms with Crippen LogP contribution in [0.5, 0.6) is 0 Å². The van der Waals surface area contributed by atoms with E-state index < -0.39 is 17.8 Å². The van der Waals surface area contributed by atoms with Gasteiger partial charge < -0.3 is 0 Å². The molecule has 1 rings (SSSR count). The van der Waals surface area contributed by atoms with E-state index in [-0.39, 0.29) is 0 Å². The Kier molecular flexibility index (Phi) is 3.43. The molecule has 0 aliphatic carbocycles. The molecule has 1 atom stereocenters. The molecule has 0 aliphatic rings. The van der Waals surface area contributed by atoms with Crippen molar-refractivity contribution in [2.24, 2.45) is 5.84 Å². The molecule has 0 saturated carbocycles. The summed E-state index contributed by atoms with van der Waals surface area (Å²) in [6.07, 6.45) is -2.15. The van der Waals surface area contributed by atoms with Gasteiger partial charge in [0.25, 0.3) is 0 Å². The number of nitrogens with one attached hydrogen (secondary N) is 1. The Labute approximate surface area is 84.8 Å². The van der Waals surface area contributed by atoms with E-state index in [1.54, 1.807) is 0 Å². The van der Waals surface area contributed by atoms with Crippen LogP contribution in [0.1, 0.15) is 17.3 Å². The number of rotatable bonds is 3. The summed E-state index contributed by atoms with van der Waals surface area (Å²) >= 11 is 0. The Morgan fingerprint density at radius 1 is 1.47 bits per heavy atom. The third kappa shape index (κ3) is 2.77. The Balaban J connectivity index is 2.94. The van der Waals surface area contributed by atoms with Crippen molar-refractivity contribution in [3.05, 3.63) is 42.2 Å². The van der Waals surface area contributed by atoms with Crippen LogP contribution in [0.3, 0.4) is 0 Å². The number of nitrogens with zero attached hydrogens (tertiary/aromatic N) is 1. The molecule has 1 aromatic rings. The van der Waals surface area contributed by atoms with Crippen LogP contribution in [0, 0.1) is 0 Å². The highest BCUT2D eigenvalue weighted by atomic mass is 19.4. The zero-order valence-corrected chi connectivity index (χ0v) is 7.75. The lowest BCUT2D eigenvalue weighted by atomic mass is 10.1. The minimum atomic E-state index is -4.37. The minimum absolute atomic E-state index is 0.389. The van der Waals surface area contributed by atoms with Gasteiger partial charge >= 0.3 is 6.18 Å². The molecule has 0 radical (unpaired) electrons. The molecule has 0 spiro atoms. The van der Waals surface area contributed by atoms with Gasteiger partial charge in [-0.15, -0.1) is 6.58 Å². The number of nitrogens with two attached hydrogens (primary N) is 1. The molecule has 1 unspecified atom stereocenters. The Morgan fingerprint density at radius 2 is 2.13 bits per heavy atom. The van der Waals surface area contributed by atoms with Gasteiger partial charge in [-0.1, -0.05) is 6.08 Å². The maximum absolute atomic E-state index is 12.2. The second kappa shape index (κ2) is 4.41. The highest BCUT2D eigenvalue weighted by Gasteiger charge is 2.30. The molecule has 0 fully saturated rings. The molecule has 0 aliphatic heterocycles. The number of alkyl halides is 3. The van der Waals surface area contributed by atoms with Crippen molar-refractivity contribution in [1.82, 2.24) is 10.4 Å². The van der Waals surface area contributed by atoms with Crippen LogP contribution in [-0.4, -0.2) is 4.98 Å². The largest absolute Gasteiger partial charge is 0.417 e. The molecule has 0 bridgehead atoms. The molecule has 3 nitrogen and oxygen atoms in total. The van der Waals surface area contributed by atoms with Crippen LogP contribution in [0.4, 0.5) is 13.2 Å². The molecule has 6 heteroatoms. The average Bonchev–Trinajstić information content (AvgIpc) is 2.19. The van der Waals surface area contributed by atoms with E-state index in [0.717, 1.165) is 12.3 Å². The van der Waals surface area contributed by atoms with Gasteiger partial charge in [0.1, 0.15) is 0 Å². The lowest BCUT2D eigenvalue weighted by molar-refractivity contribution is -0.137. The molecule has 15 heavy (non-hydrogen) atoms. The van der Waals surface area contributed by atoms with E-state index >= 15 is 0 Å². The normalized spacial score (nSPS) is 13.6. The number of hydrogen-bond acceptors (Lipinski definition) is 3. The van der Waals surface area contributed by atoms with Gasteiger partial charge in [-0.3, -0.25) is 10.8 Å². The third-order valence-corrected chi connectivity index (χ3v) is 1.85. The second-order valence-corrected chi connectivity index (χ2v) is 2.85. The predicted molar refractivity (Wildman–Crippen MR) is 49.5 cm³/mol. The molecule has 1 aromatic heterocycles. The first-order valence-corrected chi connectivity index (χ1v) is 4.11. The van der Waals surface area contributed by atoms with Gasteiger partial charge in [0.2, 0.25) is 0 Å². The first kappa shape index (κ1) is 11.7. The van der Waals surface area contributed by atoms with Crippen molar-refractivity contribution in [2.45, 2.75) is 12.2 Å². The Hall–Kier alpha value is -1.40. The van der Waals surface area contributed by atoms with Crippen molar-refractivity contribution >= 4 is 0 Å². The summed E-state index contributed by atoms with van der Waals surface area (Å²) in [5.74, 6) is 5.16. The number of hydrazine groups is 1. The number of halogens is 3. The lowest BCUT2D eigenvalue weighted by Gasteiger charge is -2.11. The Bertz CT molecular complexity index is 331. The fourth-order valence-electron chi connectivity index (χ4n) is 1.03. The second-order valence-electron chi connectivity index (χ2n) is 2.85. The van der Waals surface area contributed by atoms with Gasteiger partial charge in [-0.2, -0.15) is 13.2 Å². The molecule has 0 aromatic carbocycles. The van der Waals surface area contributed by atoms with E-state index in [0.29, 0.717) is 5.69 Å². The molecule has 0 saturated heterocycles. The summed E-state index contributed by atoms with van der Waals surface area (Å²) in [5.41, 5.74) is 1.97. The fourth-order valence-corrected chi connectivity index (χ4v) is 1.03. The first-order chi connectivity index (χ1) is 6.99. The smallest absolute Gasteiger partial charge is 0.271 e. The summed E-state index contributed by atoms with van der Waals surface area (Å²) in [4.78, 5) is 3.65. The maximum atomic E-state index is 12.2. The molecule has 3 N–H and O–H groups in total. The number of hydrogen-bond donors (Lipinski definition) is 2. The fraction of sp³-hybridized carbons (Fsp3) is 0.222. The highest BCUT2D eigenvalue weighted by molar-refractivity contribution is 5.20. The standard InChI is InChI=1S/C9H10F3N3/c1-2-7(15-13)8-4-3-6(5-14-8)9(10,11)12/h2-5,7,15H,1,13H2. The summed E-state index contributed by atoms with van der Waals surface area (Å²) < 4.78 is 36.6. The number of pyridine rings is 1. The minimum Gasteiger partial charge on any atom is -0.271 e. The molecule has 82 valence electrons. The van der Waals surface area contributed by atoms with Gasteiger partial charge in [-0.25, -0.2) is 5.43 Å². The molecule has 1 heterocycles. The third-order valence-electron chi connectivity index (χ3n) is 1.85. The predicted octanol–water partition coefficient (Wildman–Crippen LogP) is 1.79. The maximum Gasteiger partial charge on any atom is 0.417 e. The zero-order chi connectivity index (χ0) is 11.5. The SMILES string of the molecule is C=CC(NN)c1ccc(C(F)(F)F)cn1. The van der Waals surface area contributed by atoms with E-state index in [2.05, 4.69) is 17.0 Å². The lowest BCUT2D eigenvalue weighted by Crippen LogP contribution is -2.27. The summed E-state index contributed by atoms with van der Waals surface area (Å²) in [7, 11) is 0. The first-order valence-electron chi connectivity index (χ1n) is 4.11. The zero-order valence-electron chi connectivity index (χ0n) is 7.75. The van der Waals surface area contributed by atoms with Crippen LogP contribution in [-0.2, 0) is 6.18 Å². The average molecular weight is 217 g/mol. The highest BCUT2D eigenvalue weighted by Crippen LogP contribution is 2.28. The summed E-state index contributed by atoms with van der Waals surface area (Å²) in [6, 6.07) is 1.76. The summed E-state index contributed by atoms with van der Waals surface area (Å²) in [5, 5.41) is 0. The molecular formula is C9H10F3N3. The van der Waals surface area contributed by atoms with Crippen LogP contribution >= 0.6 is 0 Å². The van der Waals surface area contributed by atoms with Crippen molar-refractivity contribution < 1.29 is 13.2 Å². The van der Waals surface area contributed by atoms with E-state index in [1.165, 1.54) is 12.1 Å². The monoisotopic (exact) mass is 217 g/mol. The van der Waals surface area contributed by atoms with E-state index in [1.807, 2.05) is 0 Å². The topological polar surface area (TPSA) is 50.9 Å². The van der Waals surface area contributed by atoms with Crippen molar-refractivity contribution in [2.75, 3.05) is 0 Å². The van der Waals surface area contributed by atoms with Crippen LogP contribution in [0.2, 0.25) is 0 Å². The number of aromatic nitrogens is 1. The summed E-state index contributed by atoms with van der Waals surface area (Å²) in [6.45, 7) is 3.47. The van der Waals surface area contributed by atoms with Gasteiger partial charge in [0, 0.05) is 6.20 Å². The van der Waals surface area contributed by atoms with Crippen molar-refractivity contribution in [3.8, 4) is 0 Å². The quantitative estimate of drug-likeness (QED) is 0.461. The Morgan fingerprint density at radius 3 is 2.47 bits per heavy atom. The van der Waals surface area contributed by atoms with Crippen LogP contribution in [0.25, 0.3) is 0 Å². The van der Waals surface area contributed by atoms with Gasteiger partial charge in [-0.05, 0) is 12.1 Å². The van der Waals surface area contributed by atoms with Crippen LogP contribution < -0.4 is 11.3 Å². The molecule has 0 amide bonds. The van der Waals surface area contributed by atoms with E-state index in [9.17, 15) is 13.2 Å². The molecular weight excluding hydrogens is 207 g/mol.